The number of hydrogen-bond acceptors (Lipinski definition) is 2. The van der Waals surface area contributed by atoms with Crippen molar-refractivity contribution in [3.8, 4) is 0 Å². The maximum atomic E-state index is 12.3. The Morgan fingerprint density at radius 2 is 1.83 bits per heavy atom. The highest BCUT2D eigenvalue weighted by molar-refractivity contribution is 5.75. The molecule has 2 saturated heterocycles. The smallest absolute Gasteiger partial charge is 0.318 e. The van der Waals surface area contributed by atoms with Gasteiger partial charge in [-0.05, 0) is 53.4 Å². The minimum absolute atomic E-state index is 0.0938. The summed E-state index contributed by atoms with van der Waals surface area (Å²) in [6, 6.07) is 1.77. The molecule has 104 valence electrons. The number of piperidine rings is 1. The van der Waals surface area contributed by atoms with E-state index in [1.165, 1.54) is 12.8 Å². The van der Waals surface area contributed by atoms with Crippen molar-refractivity contribution in [1.29, 1.82) is 0 Å². The van der Waals surface area contributed by atoms with Gasteiger partial charge >= 0.3 is 6.03 Å². The van der Waals surface area contributed by atoms with Gasteiger partial charge in [0.15, 0.2) is 0 Å². The lowest BCUT2D eigenvalue weighted by molar-refractivity contribution is 0.144. The van der Waals surface area contributed by atoms with E-state index in [0.717, 1.165) is 19.4 Å². The number of nitrogens with zero attached hydrogens (tertiary/aromatic N) is 1. The standard InChI is InChI=1S/C14H27N3O/c1-5-17(13(18)16-14(2,3)4)12-8-10-6-7-11(9-12)15-10/h10-12,15H,5-9H2,1-4H3,(H,16,18). The molecular formula is C14H27N3O. The second-order valence-electron chi connectivity index (χ2n) is 6.73. The number of amides is 2. The van der Waals surface area contributed by atoms with Crippen LogP contribution in [0.25, 0.3) is 0 Å². The molecule has 2 fully saturated rings. The zero-order valence-electron chi connectivity index (χ0n) is 12.1. The zero-order valence-corrected chi connectivity index (χ0v) is 12.1. The molecule has 2 rings (SSSR count). The second-order valence-corrected chi connectivity index (χ2v) is 6.73. The molecule has 18 heavy (non-hydrogen) atoms. The monoisotopic (exact) mass is 253 g/mol. The minimum Gasteiger partial charge on any atom is -0.333 e. The SMILES string of the molecule is CCN(C(=O)NC(C)(C)C)C1CC2CCC(C1)N2. The van der Waals surface area contributed by atoms with Crippen LogP contribution in [0.4, 0.5) is 4.79 Å². The third-order valence-corrected chi connectivity index (χ3v) is 3.97. The molecule has 2 N–H and O–H groups in total. The average Bonchev–Trinajstić information content (AvgIpc) is 2.56. The predicted octanol–water partition coefficient (Wildman–Crippen LogP) is 2.10. The fourth-order valence-electron chi connectivity index (χ4n) is 3.24. The number of hydrogen-bond donors (Lipinski definition) is 2. The topological polar surface area (TPSA) is 44.4 Å². The maximum absolute atomic E-state index is 12.3. The number of urea groups is 1. The van der Waals surface area contributed by atoms with Crippen LogP contribution in [0, 0.1) is 0 Å². The van der Waals surface area contributed by atoms with E-state index in [2.05, 4.69) is 17.6 Å². The fourth-order valence-corrected chi connectivity index (χ4v) is 3.24. The van der Waals surface area contributed by atoms with Gasteiger partial charge in [0.1, 0.15) is 0 Å². The molecule has 2 atom stereocenters. The predicted molar refractivity (Wildman–Crippen MR) is 73.6 cm³/mol. The molecule has 0 aromatic heterocycles. The van der Waals surface area contributed by atoms with Crippen LogP contribution in [0.3, 0.4) is 0 Å². The van der Waals surface area contributed by atoms with E-state index in [-0.39, 0.29) is 11.6 Å². The van der Waals surface area contributed by atoms with Crippen molar-refractivity contribution in [2.75, 3.05) is 6.54 Å². The summed E-state index contributed by atoms with van der Waals surface area (Å²) in [4.78, 5) is 14.3. The molecule has 0 aromatic rings. The van der Waals surface area contributed by atoms with Crippen molar-refractivity contribution in [3.63, 3.8) is 0 Å². The van der Waals surface area contributed by atoms with Gasteiger partial charge in [-0.2, -0.15) is 0 Å². The number of fused-ring (bicyclic) bond motifs is 2. The van der Waals surface area contributed by atoms with E-state index in [9.17, 15) is 4.79 Å². The first-order valence-corrected chi connectivity index (χ1v) is 7.24. The maximum Gasteiger partial charge on any atom is 0.318 e. The Morgan fingerprint density at radius 1 is 1.28 bits per heavy atom. The first-order valence-electron chi connectivity index (χ1n) is 7.24. The van der Waals surface area contributed by atoms with Crippen molar-refractivity contribution < 1.29 is 4.79 Å². The molecule has 2 heterocycles. The molecule has 2 aliphatic heterocycles. The lowest BCUT2D eigenvalue weighted by Gasteiger charge is -2.38. The quantitative estimate of drug-likeness (QED) is 0.791. The fraction of sp³-hybridized carbons (Fsp3) is 0.929. The lowest BCUT2D eigenvalue weighted by atomic mass is 9.98. The van der Waals surface area contributed by atoms with Gasteiger partial charge < -0.3 is 15.5 Å². The van der Waals surface area contributed by atoms with E-state index in [1.807, 2.05) is 25.7 Å². The largest absolute Gasteiger partial charge is 0.333 e. The number of nitrogens with one attached hydrogen (secondary N) is 2. The number of carbonyl (C=O) groups excluding carboxylic acids is 1. The van der Waals surface area contributed by atoms with Gasteiger partial charge in [0.2, 0.25) is 0 Å². The summed E-state index contributed by atoms with van der Waals surface area (Å²) in [5.74, 6) is 0. The second kappa shape index (κ2) is 5.08. The zero-order chi connectivity index (χ0) is 13.3. The van der Waals surface area contributed by atoms with Crippen molar-refractivity contribution in [2.45, 2.75) is 77.0 Å². The number of rotatable bonds is 2. The Hall–Kier alpha value is -0.770. The van der Waals surface area contributed by atoms with Gasteiger partial charge in [-0.25, -0.2) is 4.79 Å². The molecule has 0 spiro atoms. The van der Waals surface area contributed by atoms with Crippen molar-refractivity contribution in [1.82, 2.24) is 15.5 Å². The highest BCUT2D eigenvalue weighted by atomic mass is 16.2. The molecule has 2 unspecified atom stereocenters. The van der Waals surface area contributed by atoms with Gasteiger partial charge in [0.25, 0.3) is 0 Å². The van der Waals surface area contributed by atoms with Gasteiger partial charge in [-0.15, -0.1) is 0 Å². The summed E-state index contributed by atoms with van der Waals surface area (Å²) in [5, 5.41) is 6.71. The summed E-state index contributed by atoms with van der Waals surface area (Å²) >= 11 is 0. The Bertz CT molecular complexity index is 299. The molecule has 0 aromatic carbocycles. The van der Waals surface area contributed by atoms with Crippen LogP contribution < -0.4 is 10.6 Å². The summed E-state index contributed by atoms with van der Waals surface area (Å²) < 4.78 is 0. The normalized spacial score (nSPS) is 31.2. The van der Waals surface area contributed by atoms with Gasteiger partial charge in [0, 0.05) is 30.2 Å². The molecule has 0 saturated carbocycles. The Labute approximate surface area is 110 Å². The summed E-state index contributed by atoms with van der Waals surface area (Å²) in [7, 11) is 0. The van der Waals surface area contributed by atoms with Gasteiger partial charge in [-0.3, -0.25) is 0 Å². The molecule has 4 nitrogen and oxygen atoms in total. The van der Waals surface area contributed by atoms with E-state index in [4.69, 9.17) is 0 Å². The average molecular weight is 253 g/mol. The molecule has 4 heteroatoms. The van der Waals surface area contributed by atoms with Crippen LogP contribution in [0.1, 0.15) is 53.4 Å². The lowest BCUT2D eigenvalue weighted by Crippen LogP contribution is -2.55. The van der Waals surface area contributed by atoms with Crippen LogP contribution >= 0.6 is 0 Å². The van der Waals surface area contributed by atoms with Crippen LogP contribution in [-0.4, -0.2) is 41.1 Å². The molecule has 2 bridgehead atoms. The Kier molecular flexibility index (Phi) is 3.85. The van der Waals surface area contributed by atoms with Crippen molar-refractivity contribution in [3.05, 3.63) is 0 Å². The summed E-state index contributed by atoms with van der Waals surface area (Å²) in [5.41, 5.74) is -0.156. The van der Waals surface area contributed by atoms with Crippen molar-refractivity contribution >= 4 is 6.03 Å². The van der Waals surface area contributed by atoms with Crippen LogP contribution in [-0.2, 0) is 0 Å². The van der Waals surface area contributed by atoms with Crippen LogP contribution in [0.15, 0.2) is 0 Å². The van der Waals surface area contributed by atoms with E-state index < -0.39 is 0 Å². The van der Waals surface area contributed by atoms with E-state index in [1.54, 1.807) is 0 Å². The van der Waals surface area contributed by atoms with Crippen molar-refractivity contribution in [2.24, 2.45) is 0 Å². The first kappa shape index (κ1) is 13.7. The van der Waals surface area contributed by atoms with Gasteiger partial charge in [0.05, 0.1) is 0 Å². The molecule has 0 aliphatic carbocycles. The highest BCUT2D eigenvalue weighted by Crippen LogP contribution is 2.29. The summed E-state index contributed by atoms with van der Waals surface area (Å²) in [6.45, 7) is 8.97. The minimum atomic E-state index is -0.156. The first-order chi connectivity index (χ1) is 8.39. The Balaban J connectivity index is 1.98. The van der Waals surface area contributed by atoms with Crippen LogP contribution in [0.2, 0.25) is 0 Å². The van der Waals surface area contributed by atoms with Gasteiger partial charge in [-0.1, -0.05) is 0 Å². The Morgan fingerprint density at radius 3 is 2.28 bits per heavy atom. The third-order valence-electron chi connectivity index (χ3n) is 3.97. The highest BCUT2D eigenvalue weighted by Gasteiger charge is 2.37. The third kappa shape index (κ3) is 3.16. The van der Waals surface area contributed by atoms with E-state index in [0.29, 0.717) is 18.1 Å². The van der Waals surface area contributed by atoms with E-state index >= 15 is 0 Å². The molecule has 2 amide bonds. The molecule has 0 radical (unpaired) electrons. The molecular weight excluding hydrogens is 226 g/mol. The number of carbonyl (C=O) groups is 1. The summed E-state index contributed by atoms with van der Waals surface area (Å²) in [6.07, 6.45) is 4.78. The van der Waals surface area contributed by atoms with Crippen LogP contribution in [0.5, 0.6) is 0 Å². The molecule has 2 aliphatic rings.